The Bertz CT molecular complexity index is 894. The van der Waals surface area contributed by atoms with Gasteiger partial charge in [-0.2, -0.15) is 0 Å². The van der Waals surface area contributed by atoms with Gasteiger partial charge in [-0.15, -0.1) is 0 Å². The van der Waals surface area contributed by atoms with Gasteiger partial charge in [0.15, 0.2) is 0 Å². The number of rotatable bonds is 7. The second-order valence-corrected chi connectivity index (χ2v) is 6.37. The van der Waals surface area contributed by atoms with Gasteiger partial charge >= 0.3 is 0 Å². The highest BCUT2D eigenvalue weighted by molar-refractivity contribution is 5.77. The molecule has 5 nitrogen and oxygen atoms in total. The highest BCUT2D eigenvalue weighted by atomic mass is 16.1. The van der Waals surface area contributed by atoms with Gasteiger partial charge in [-0.25, -0.2) is 9.97 Å². The molecule has 0 aliphatic heterocycles. The summed E-state index contributed by atoms with van der Waals surface area (Å²) in [5.41, 5.74) is 10.7. The molecule has 2 N–H and O–H groups in total. The molecule has 1 aromatic carbocycles. The van der Waals surface area contributed by atoms with Crippen LogP contribution >= 0.6 is 0 Å². The standard InChI is InChI=1S/C21H22N4O/c1-15-13-24-21(11-16-5-4-10-23-14-16)25-19(15)9-8-17-6-2-3-7-18(17)12-20(22)26/h2-7,10,13-14H,8-9,11-12H2,1H3,(H2,22,26). The fourth-order valence-electron chi connectivity index (χ4n) is 2.96. The van der Waals surface area contributed by atoms with Crippen molar-refractivity contribution in [2.24, 2.45) is 5.73 Å². The summed E-state index contributed by atoms with van der Waals surface area (Å²) in [4.78, 5) is 24.6. The fourth-order valence-corrected chi connectivity index (χ4v) is 2.96. The van der Waals surface area contributed by atoms with Crippen LogP contribution in [-0.4, -0.2) is 20.9 Å². The molecule has 132 valence electrons. The molecule has 0 unspecified atom stereocenters. The lowest BCUT2D eigenvalue weighted by atomic mass is 9.98. The molecule has 0 atom stereocenters. The number of carbonyl (C=O) groups is 1. The van der Waals surface area contributed by atoms with Crippen LogP contribution in [0.5, 0.6) is 0 Å². The zero-order valence-electron chi connectivity index (χ0n) is 14.9. The number of pyridine rings is 1. The van der Waals surface area contributed by atoms with Crippen molar-refractivity contribution in [1.82, 2.24) is 15.0 Å². The predicted octanol–water partition coefficient (Wildman–Crippen LogP) is 2.58. The van der Waals surface area contributed by atoms with E-state index in [0.717, 1.165) is 46.6 Å². The van der Waals surface area contributed by atoms with Crippen LogP contribution < -0.4 is 5.73 Å². The molecule has 1 amide bonds. The lowest BCUT2D eigenvalue weighted by molar-refractivity contribution is -0.117. The van der Waals surface area contributed by atoms with E-state index in [9.17, 15) is 4.79 Å². The number of nitrogens with two attached hydrogens (primary N) is 1. The third kappa shape index (κ3) is 4.72. The van der Waals surface area contributed by atoms with Gasteiger partial charge in [0.2, 0.25) is 5.91 Å². The average Bonchev–Trinajstić information content (AvgIpc) is 2.64. The summed E-state index contributed by atoms with van der Waals surface area (Å²) in [7, 11) is 0. The molecule has 2 aromatic heterocycles. The largest absolute Gasteiger partial charge is 0.369 e. The minimum atomic E-state index is -0.311. The first-order valence-electron chi connectivity index (χ1n) is 8.67. The maximum Gasteiger partial charge on any atom is 0.221 e. The van der Waals surface area contributed by atoms with Gasteiger partial charge in [0.25, 0.3) is 0 Å². The molecule has 2 heterocycles. The maximum atomic E-state index is 11.3. The molecular formula is C21H22N4O. The van der Waals surface area contributed by atoms with Crippen LogP contribution in [0.4, 0.5) is 0 Å². The lowest BCUT2D eigenvalue weighted by Crippen LogP contribution is -2.15. The van der Waals surface area contributed by atoms with E-state index in [0.29, 0.717) is 6.42 Å². The van der Waals surface area contributed by atoms with Crippen LogP contribution in [0.3, 0.4) is 0 Å². The van der Waals surface area contributed by atoms with E-state index in [1.54, 1.807) is 6.20 Å². The van der Waals surface area contributed by atoms with Gasteiger partial charge in [0.1, 0.15) is 5.82 Å². The zero-order chi connectivity index (χ0) is 18.4. The van der Waals surface area contributed by atoms with Crippen molar-refractivity contribution in [3.05, 3.63) is 88.8 Å². The highest BCUT2D eigenvalue weighted by Crippen LogP contribution is 2.15. The number of benzene rings is 1. The number of aromatic nitrogens is 3. The highest BCUT2D eigenvalue weighted by Gasteiger charge is 2.09. The maximum absolute atomic E-state index is 11.3. The van der Waals surface area contributed by atoms with E-state index in [-0.39, 0.29) is 12.3 Å². The summed E-state index contributed by atoms with van der Waals surface area (Å²) >= 11 is 0. The van der Waals surface area contributed by atoms with E-state index in [4.69, 9.17) is 10.7 Å². The topological polar surface area (TPSA) is 81.8 Å². The molecule has 0 spiro atoms. The van der Waals surface area contributed by atoms with Crippen molar-refractivity contribution in [3.63, 3.8) is 0 Å². The first-order chi connectivity index (χ1) is 12.6. The first kappa shape index (κ1) is 17.7. The van der Waals surface area contributed by atoms with Gasteiger partial charge in [-0.05, 0) is 48.1 Å². The van der Waals surface area contributed by atoms with E-state index in [2.05, 4.69) is 9.97 Å². The van der Waals surface area contributed by atoms with Crippen molar-refractivity contribution < 1.29 is 4.79 Å². The second kappa shape index (κ2) is 8.34. The zero-order valence-corrected chi connectivity index (χ0v) is 14.9. The van der Waals surface area contributed by atoms with Crippen LogP contribution in [0.2, 0.25) is 0 Å². The van der Waals surface area contributed by atoms with Crippen molar-refractivity contribution in [1.29, 1.82) is 0 Å². The van der Waals surface area contributed by atoms with Gasteiger partial charge < -0.3 is 5.73 Å². The Labute approximate surface area is 153 Å². The summed E-state index contributed by atoms with van der Waals surface area (Å²) < 4.78 is 0. The van der Waals surface area contributed by atoms with Crippen LogP contribution in [-0.2, 0) is 30.5 Å². The normalized spacial score (nSPS) is 10.7. The van der Waals surface area contributed by atoms with Crippen molar-refractivity contribution >= 4 is 5.91 Å². The third-order valence-electron chi connectivity index (χ3n) is 4.33. The summed E-state index contributed by atoms with van der Waals surface area (Å²) in [5, 5.41) is 0. The minimum Gasteiger partial charge on any atom is -0.369 e. The molecule has 0 saturated carbocycles. The molecule has 3 aromatic rings. The number of nitrogens with zero attached hydrogens (tertiary/aromatic N) is 3. The Morgan fingerprint density at radius 2 is 1.85 bits per heavy atom. The number of amides is 1. The second-order valence-electron chi connectivity index (χ2n) is 6.37. The Kier molecular flexibility index (Phi) is 5.69. The molecule has 0 saturated heterocycles. The summed E-state index contributed by atoms with van der Waals surface area (Å²) in [6.45, 7) is 2.03. The molecule has 3 rings (SSSR count). The van der Waals surface area contributed by atoms with Crippen LogP contribution in [0, 0.1) is 6.92 Å². The van der Waals surface area contributed by atoms with E-state index < -0.39 is 0 Å². The number of primary amides is 1. The van der Waals surface area contributed by atoms with Crippen molar-refractivity contribution in [2.75, 3.05) is 0 Å². The van der Waals surface area contributed by atoms with Gasteiger partial charge in [0.05, 0.1) is 6.42 Å². The molecular weight excluding hydrogens is 324 g/mol. The molecule has 0 bridgehead atoms. The van der Waals surface area contributed by atoms with E-state index >= 15 is 0 Å². The summed E-state index contributed by atoms with van der Waals surface area (Å²) in [6.07, 6.45) is 8.02. The Morgan fingerprint density at radius 3 is 2.58 bits per heavy atom. The molecule has 0 aliphatic carbocycles. The van der Waals surface area contributed by atoms with Crippen molar-refractivity contribution in [3.8, 4) is 0 Å². The van der Waals surface area contributed by atoms with Crippen molar-refractivity contribution in [2.45, 2.75) is 32.6 Å². The molecule has 0 fully saturated rings. The quantitative estimate of drug-likeness (QED) is 0.713. The number of carbonyl (C=O) groups excluding carboxylic acids is 1. The van der Waals surface area contributed by atoms with E-state index in [1.165, 1.54) is 0 Å². The van der Waals surface area contributed by atoms with Crippen LogP contribution in [0.25, 0.3) is 0 Å². The third-order valence-corrected chi connectivity index (χ3v) is 4.33. The SMILES string of the molecule is Cc1cnc(Cc2cccnc2)nc1CCc1ccccc1CC(N)=O. The van der Waals surface area contributed by atoms with E-state index in [1.807, 2.05) is 55.7 Å². The Morgan fingerprint density at radius 1 is 1.04 bits per heavy atom. The van der Waals surface area contributed by atoms with Gasteiger partial charge in [-0.1, -0.05) is 30.3 Å². The predicted molar refractivity (Wildman–Crippen MR) is 101 cm³/mol. The molecule has 26 heavy (non-hydrogen) atoms. The number of hydrogen-bond donors (Lipinski definition) is 1. The average molecular weight is 346 g/mol. The molecule has 0 aliphatic rings. The van der Waals surface area contributed by atoms with Gasteiger partial charge in [-0.3, -0.25) is 9.78 Å². The number of aryl methyl sites for hydroxylation is 3. The minimum absolute atomic E-state index is 0.269. The Hall–Kier alpha value is -3.08. The summed E-state index contributed by atoms with van der Waals surface area (Å²) in [5.74, 6) is 0.485. The first-order valence-corrected chi connectivity index (χ1v) is 8.67. The van der Waals surface area contributed by atoms with Gasteiger partial charge in [0, 0.05) is 30.7 Å². The molecule has 5 heteroatoms. The van der Waals surface area contributed by atoms with Crippen LogP contribution in [0.1, 0.15) is 33.8 Å². The molecule has 0 radical (unpaired) electrons. The lowest BCUT2D eigenvalue weighted by Gasteiger charge is -2.10. The summed E-state index contributed by atoms with van der Waals surface area (Å²) in [6, 6.07) is 11.9. The monoisotopic (exact) mass is 346 g/mol. The number of hydrogen-bond acceptors (Lipinski definition) is 4. The van der Waals surface area contributed by atoms with Crippen LogP contribution in [0.15, 0.2) is 55.0 Å². The Balaban J connectivity index is 1.74. The fraction of sp³-hybridized carbons (Fsp3) is 0.238. The smallest absolute Gasteiger partial charge is 0.221 e.